The third kappa shape index (κ3) is 4.04. The summed E-state index contributed by atoms with van der Waals surface area (Å²) in [5.41, 5.74) is 1.39. The monoisotopic (exact) mass is 389 g/mol. The lowest BCUT2D eigenvalue weighted by Crippen LogP contribution is -2.21. The van der Waals surface area contributed by atoms with Gasteiger partial charge in [0.25, 0.3) is 0 Å². The molecular weight excluding hydrogens is 369 g/mol. The molecule has 3 aromatic rings. The van der Waals surface area contributed by atoms with Crippen molar-refractivity contribution in [1.82, 2.24) is 19.9 Å². The van der Waals surface area contributed by atoms with Crippen LogP contribution in [0.1, 0.15) is 32.1 Å². The molecule has 0 bridgehead atoms. The van der Waals surface area contributed by atoms with E-state index in [0.29, 0.717) is 29.0 Å². The van der Waals surface area contributed by atoms with E-state index in [2.05, 4.69) is 25.3 Å². The molecule has 3 N–H and O–H groups in total. The number of aliphatic hydroxyl groups excluding tert-OH is 1. The Balaban J connectivity index is 1.50. The number of nitrogens with zero attached hydrogens (tertiary/aromatic N) is 3. The van der Waals surface area contributed by atoms with Gasteiger partial charge in [0.05, 0.1) is 17.3 Å². The normalized spacial score (nSPS) is 20.1. The summed E-state index contributed by atoms with van der Waals surface area (Å²) in [7, 11) is 0. The number of pyridine rings is 1. The fraction of sp³-hybridized carbons (Fsp3) is 0.421. The van der Waals surface area contributed by atoms with Gasteiger partial charge >= 0.3 is 0 Å². The lowest BCUT2D eigenvalue weighted by Gasteiger charge is -2.25. The minimum absolute atomic E-state index is 0.181. The van der Waals surface area contributed by atoms with Crippen molar-refractivity contribution in [2.24, 2.45) is 5.92 Å². The van der Waals surface area contributed by atoms with Crippen LogP contribution in [0, 0.1) is 11.7 Å². The maximum atomic E-state index is 14.1. The molecular formula is C19H21ClFN5O. The van der Waals surface area contributed by atoms with E-state index in [4.69, 9.17) is 11.6 Å². The maximum absolute atomic E-state index is 14.1. The Labute approximate surface area is 161 Å². The van der Waals surface area contributed by atoms with Crippen molar-refractivity contribution >= 4 is 28.5 Å². The first kappa shape index (κ1) is 18.1. The van der Waals surface area contributed by atoms with Crippen LogP contribution < -0.4 is 5.32 Å². The molecule has 3 aromatic heterocycles. The highest BCUT2D eigenvalue weighted by Gasteiger charge is 2.20. The van der Waals surface area contributed by atoms with Crippen molar-refractivity contribution in [3.8, 4) is 11.4 Å². The molecule has 2 unspecified atom stereocenters. The van der Waals surface area contributed by atoms with Gasteiger partial charge in [-0.1, -0.05) is 24.4 Å². The van der Waals surface area contributed by atoms with E-state index in [1.165, 1.54) is 6.20 Å². The van der Waals surface area contributed by atoms with Crippen LogP contribution >= 0.6 is 11.6 Å². The largest absolute Gasteiger partial charge is 0.393 e. The summed E-state index contributed by atoms with van der Waals surface area (Å²) in [4.78, 5) is 15.7. The molecule has 142 valence electrons. The van der Waals surface area contributed by atoms with E-state index >= 15 is 0 Å². The Morgan fingerprint density at radius 2 is 2.19 bits per heavy atom. The maximum Gasteiger partial charge on any atom is 0.183 e. The summed E-state index contributed by atoms with van der Waals surface area (Å²) in [6, 6.07) is 1.78. The third-order valence-electron chi connectivity index (χ3n) is 5.08. The molecule has 0 amide bonds. The fourth-order valence-corrected chi connectivity index (χ4v) is 3.86. The van der Waals surface area contributed by atoms with E-state index in [1.807, 2.05) is 0 Å². The molecule has 27 heavy (non-hydrogen) atoms. The fourth-order valence-electron chi connectivity index (χ4n) is 3.70. The van der Waals surface area contributed by atoms with Gasteiger partial charge in [-0.2, -0.15) is 0 Å². The van der Waals surface area contributed by atoms with Crippen LogP contribution in [-0.4, -0.2) is 37.7 Å². The Kier molecular flexibility index (Phi) is 5.22. The topological polar surface area (TPSA) is 86.7 Å². The molecule has 0 aromatic carbocycles. The average Bonchev–Trinajstić information content (AvgIpc) is 3.06. The van der Waals surface area contributed by atoms with Gasteiger partial charge in [0, 0.05) is 29.9 Å². The van der Waals surface area contributed by atoms with Crippen molar-refractivity contribution in [3.05, 3.63) is 35.5 Å². The zero-order valence-corrected chi connectivity index (χ0v) is 15.5. The summed E-state index contributed by atoms with van der Waals surface area (Å²) >= 11 is 6.04. The van der Waals surface area contributed by atoms with Crippen LogP contribution in [0.3, 0.4) is 0 Å². The van der Waals surface area contributed by atoms with Gasteiger partial charge < -0.3 is 15.4 Å². The molecule has 2 atom stereocenters. The van der Waals surface area contributed by atoms with Gasteiger partial charge in [-0.05, 0) is 31.2 Å². The van der Waals surface area contributed by atoms with Crippen LogP contribution in [0.15, 0.2) is 24.7 Å². The summed E-state index contributed by atoms with van der Waals surface area (Å²) in [5, 5.41) is 14.1. The number of aliphatic hydroxyl groups is 1. The first-order chi connectivity index (χ1) is 13.1. The van der Waals surface area contributed by atoms with Crippen LogP contribution in [0.4, 0.5) is 10.2 Å². The zero-order valence-electron chi connectivity index (χ0n) is 14.8. The molecule has 1 aliphatic rings. The number of fused-ring (bicyclic) bond motifs is 1. The van der Waals surface area contributed by atoms with Gasteiger partial charge in [0.2, 0.25) is 0 Å². The second kappa shape index (κ2) is 7.78. The number of anilines is 1. The van der Waals surface area contributed by atoms with E-state index in [1.54, 1.807) is 18.5 Å². The highest BCUT2D eigenvalue weighted by molar-refractivity contribution is 6.31. The molecule has 6 nitrogen and oxygen atoms in total. The Morgan fingerprint density at radius 1 is 1.30 bits per heavy atom. The van der Waals surface area contributed by atoms with E-state index < -0.39 is 5.82 Å². The molecule has 0 radical (unpaired) electrons. The number of H-pyrrole nitrogens is 1. The molecule has 0 spiro atoms. The summed E-state index contributed by atoms with van der Waals surface area (Å²) in [5.74, 6) is 0.564. The smallest absolute Gasteiger partial charge is 0.183 e. The lowest BCUT2D eigenvalue weighted by atomic mass is 9.85. The molecule has 0 aliphatic heterocycles. The number of hydrogen-bond acceptors (Lipinski definition) is 5. The standard InChI is InChI=1S/C19H21ClFN5O/c20-12-7-14-15(9-24-17(14)23-8-12)18-25-10-16(21)19(26-18)22-5-4-11-2-1-3-13(27)6-11/h7-11,13,27H,1-6H2,(H,23,24)(H,22,25,26). The summed E-state index contributed by atoms with van der Waals surface area (Å²) in [6.07, 6.45) is 9.02. The predicted molar refractivity (Wildman–Crippen MR) is 103 cm³/mol. The quantitative estimate of drug-likeness (QED) is 0.609. The van der Waals surface area contributed by atoms with Gasteiger partial charge in [-0.25, -0.2) is 19.3 Å². The van der Waals surface area contributed by atoms with E-state index in [-0.39, 0.29) is 11.9 Å². The van der Waals surface area contributed by atoms with Gasteiger partial charge in [0.1, 0.15) is 5.65 Å². The lowest BCUT2D eigenvalue weighted by molar-refractivity contribution is 0.0994. The Morgan fingerprint density at radius 3 is 3.04 bits per heavy atom. The molecule has 4 rings (SSSR count). The average molecular weight is 390 g/mol. The van der Waals surface area contributed by atoms with Crippen molar-refractivity contribution in [1.29, 1.82) is 0 Å². The number of hydrogen-bond donors (Lipinski definition) is 3. The minimum Gasteiger partial charge on any atom is -0.393 e. The van der Waals surface area contributed by atoms with Crippen LogP contribution in [-0.2, 0) is 0 Å². The van der Waals surface area contributed by atoms with Crippen molar-refractivity contribution < 1.29 is 9.50 Å². The number of aromatic nitrogens is 4. The number of rotatable bonds is 5. The number of nitrogens with one attached hydrogen (secondary N) is 2. The Bertz CT molecular complexity index is 947. The molecule has 3 heterocycles. The minimum atomic E-state index is -0.488. The zero-order chi connectivity index (χ0) is 18.8. The van der Waals surface area contributed by atoms with Gasteiger partial charge in [-0.3, -0.25) is 0 Å². The number of halogens is 2. The number of aromatic amines is 1. The molecule has 1 saturated carbocycles. The SMILES string of the molecule is OC1CCCC(CCNc2nc(-c3c[nH]c4ncc(Cl)cc34)ncc2F)C1. The second-order valence-electron chi connectivity index (χ2n) is 7.04. The Hall–Kier alpha value is -2.25. The van der Waals surface area contributed by atoms with Crippen molar-refractivity contribution in [2.75, 3.05) is 11.9 Å². The van der Waals surface area contributed by atoms with E-state index in [0.717, 1.165) is 43.1 Å². The molecule has 1 aliphatic carbocycles. The highest BCUT2D eigenvalue weighted by Crippen LogP contribution is 2.29. The van der Waals surface area contributed by atoms with Crippen LogP contribution in [0.5, 0.6) is 0 Å². The van der Waals surface area contributed by atoms with Crippen molar-refractivity contribution in [3.63, 3.8) is 0 Å². The molecule has 1 fully saturated rings. The highest BCUT2D eigenvalue weighted by atomic mass is 35.5. The summed E-state index contributed by atoms with van der Waals surface area (Å²) < 4.78 is 14.1. The summed E-state index contributed by atoms with van der Waals surface area (Å²) in [6.45, 7) is 0.603. The van der Waals surface area contributed by atoms with E-state index in [9.17, 15) is 9.50 Å². The van der Waals surface area contributed by atoms with Crippen molar-refractivity contribution in [2.45, 2.75) is 38.2 Å². The van der Waals surface area contributed by atoms with Gasteiger partial charge in [0.15, 0.2) is 17.5 Å². The third-order valence-corrected chi connectivity index (χ3v) is 5.29. The first-order valence-corrected chi connectivity index (χ1v) is 9.55. The van der Waals surface area contributed by atoms with Crippen LogP contribution in [0.2, 0.25) is 5.02 Å². The first-order valence-electron chi connectivity index (χ1n) is 9.17. The molecule has 8 heteroatoms. The molecule has 0 saturated heterocycles. The van der Waals surface area contributed by atoms with Crippen LogP contribution in [0.25, 0.3) is 22.4 Å². The van der Waals surface area contributed by atoms with Gasteiger partial charge in [-0.15, -0.1) is 0 Å². The second-order valence-corrected chi connectivity index (χ2v) is 7.48. The predicted octanol–water partition coefficient (Wildman–Crippen LogP) is 4.17.